The van der Waals surface area contributed by atoms with E-state index in [9.17, 15) is 14.9 Å². The van der Waals surface area contributed by atoms with Crippen molar-refractivity contribution in [1.29, 1.82) is 5.26 Å². The zero-order valence-electron chi connectivity index (χ0n) is 21.1. The Kier molecular flexibility index (Phi) is 6.70. The number of ether oxygens (including phenoxy) is 1. The maximum Gasteiger partial charge on any atom is 0.273 e. The Morgan fingerprint density at radius 2 is 2.03 bits per heavy atom. The fraction of sp³-hybridized carbons (Fsp3) is 0.481. The van der Waals surface area contributed by atoms with Crippen LogP contribution in [-0.2, 0) is 20.0 Å². The number of aromatic nitrogens is 3. The van der Waals surface area contributed by atoms with Crippen LogP contribution in [0.5, 0.6) is 5.75 Å². The number of carbonyl (C=O) groups is 1. The average Bonchev–Trinajstić information content (AvgIpc) is 3.38. The number of nitrogens with one attached hydrogen (secondary N) is 1. The van der Waals surface area contributed by atoms with Gasteiger partial charge in [0.15, 0.2) is 17.1 Å². The highest BCUT2D eigenvalue weighted by atomic mass is 16.5. The molecule has 0 unspecified atom stereocenters. The molecule has 2 heterocycles. The van der Waals surface area contributed by atoms with Crippen LogP contribution in [0.2, 0.25) is 0 Å². The summed E-state index contributed by atoms with van der Waals surface area (Å²) in [4.78, 5) is 32.2. The second-order valence-corrected chi connectivity index (χ2v) is 9.72. The number of rotatable bonds is 7. The van der Waals surface area contributed by atoms with Gasteiger partial charge in [-0.15, -0.1) is 0 Å². The van der Waals surface area contributed by atoms with E-state index in [2.05, 4.69) is 17.5 Å². The minimum atomic E-state index is -0.893. The maximum absolute atomic E-state index is 13.9. The number of benzene rings is 1. The molecule has 1 aromatic carbocycles. The van der Waals surface area contributed by atoms with E-state index in [1.54, 1.807) is 16.2 Å². The Morgan fingerprint density at radius 1 is 1.31 bits per heavy atom. The van der Waals surface area contributed by atoms with Crippen molar-refractivity contribution in [2.24, 2.45) is 7.05 Å². The van der Waals surface area contributed by atoms with Crippen molar-refractivity contribution in [2.45, 2.75) is 78.0 Å². The van der Waals surface area contributed by atoms with Crippen LogP contribution in [0.15, 0.2) is 29.1 Å². The third kappa shape index (κ3) is 4.55. The molecule has 0 atom stereocenters. The lowest BCUT2D eigenvalue weighted by Gasteiger charge is -2.22. The van der Waals surface area contributed by atoms with Crippen molar-refractivity contribution >= 4 is 16.9 Å². The van der Waals surface area contributed by atoms with Crippen molar-refractivity contribution in [3.8, 4) is 11.8 Å². The van der Waals surface area contributed by atoms with E-state index in [1.165, 1.54) is 0 Å². The van der Waals surface area contributed by atoms with Gasteiger partial charge in [0.05, 0.1) is 18.7 Å². The first kappa shape index (κ1) is 24.5. The Morgan fingerprint density at radius 3 is 2.63 bits per heavy atom. The summed E-state index contributed by atoms with van der Waals surface area (Å²) < 4.78 is 9.38. The van der Waals surface area contributed by atoms with Crippen LogP contribution in [0.25, 0.3) is 11.0 Å². The highest BCUT2D eigenvalue weighted by Gasteiger charge is 2.38. The summed E-state index contributed by atoms with van der Waals surface area (Å²) in [5.74, 6) is 0.434. The Labute approximate surface area is 205 Å². The topological polar surface area (TPSA) is 102 Å². The first-order chi connectivity index (χ1) is 16.7. The summed E-state index contributed by atoms with van der Waals surface area (Å²) in [6, 6.07) is 10.3. The van der Waals surface area contributed by atoms with Crippen molar-refractivity contribution in [3.05, 3.63) is 57.3 Å². The van der Waals surface area contributed by atoms with E-state index >= 15 is 0 Å². The van der Waals surface area contributed by atoms with Gasteiger partial charge in [-0.05, 0) is 52.0 Å². The summed E-state index contributed by atoms with van der Waals surface area (Å²) >= 11 is 0. The van der Waals surface area contributed by atoms with Gasteiger partial charge in [0.1, 0.15) is 16.7 Å². The summed E-state index contributed by atoms with van der Waals surface area (Å²) in [5.41, 5.74) is 1.61. The van der Waals surface area contributed by atoms with Crippen molar-refractivity contribution in [2.75, 3.05) is 0 Å². The lowest BCUT2D eigenvalue weighted by molar-refractivity contribution is 0.0906. The van der Waals surface area contributed by atoms with Gasteiger partial charge in [-0.1, -0.05) is 36.8 Å². The monoisotopic (exact) mass is 475 g/mol. The van der Waals surface area contributed by atoms with Gasteiger partial charge in [-0.3, -0.25) is 14.2 Å². The van der Waals surface area contributed by atoms with Crippen molar-refractivity contribution in [1.82, 2.24) is 19.4 Å². The second-order valence-electron chi connectivity index (χ2n) is 9.72. The number of fused-ring (bicyclic) bond motifs is 1. The molecule has 1 amide bonds. The third-order valence-corrected chi connectivity index (χ3v) is 6.66. The van der Waals surface area contributed by atoms with Crippen LogP contribution in [0, 0.1) is 18.3 Å². The zero-order valence-corrected chi connectivity index (χ0v) is 21.1. The number of nitriles is 1. The molecule has 184 valence electrons. The van der Waals surface area contributed by atoms with Gasteiger partial charge >= 0.3 is 0 Å². The van der Waals surface area contributed by atoms with Crippen LogP contribution >= 0.6 is 0 Å². The molecule has 8 nitrogen and oxygen atoms in total. The summed E-state index contributed by atoms with van der Waals surface area (Å²) in [5, 5.41) is 13.0. The summed E-state index contributed by atoms with van der Waals surface area (Å²) in [7, 11) is 1.72. The van der Waals surface area contributed by atoms with Gasteiger partial charge in [0.25, 0.3) is 11.5 Å². The molecule has 0 radical (unpaired) electrons. The van der Waals surface area contributed by atoms with E-state index in [0.29, 0.717) is 37.3 Å². The van der Waals surface area contributed by atoms with Gasteiger partial charge in [0.2, 0.25) is 0 Å². The van der Waals surface area contributed by atoms with Crippen LogP contribution < -0.4 is 15.6 Å². The highest BCUT2D eigenvalue weighted by Crippen LogP contribution is 2.33. The highest BCUT2D eigenvalue weighted by molar-refractivity contribution is 6.03. The molecule has 0 spiro atoms. The normalized spacial score (nSPS) is 14.9. The predicted octanol–water partition coefficient (Wildman–Crippen LogP) is 4.01. The molecule has 1 aliphatic carbocycles. The van der Waals surface area contributed by atoms with Crippen LogP contribution in [0.3, 0.4) is 0 Å². The molecule has 0 aliphatic heterocycles. The van der Waals surface area contributed by atoms with Gasteiger partial charge in [-0.25, -0.2) is 4.98 Å². The summed E-state index contributed by atoms with van der Waals surface area (Å²) in [6.07, 6.45) is 3.30. The van der Waals surface area contributed by atoms with E-state index in [-0.39, 0.29) is 28.5 Å². The molecule has 3 aromatic rings. The molecule has 2 aromatic heterocycles. The number of hydrogen-bond donors (Lipinski definition) is 1. The molecule has 0 bridgehead atoms. The zero-order chi connectivity index (χ0) is 25.3. The average molecular weight is 476 g/mol. The fourth-order valence-electron chi connectivity index (χ4n) is 4.96. The van der Waals surface area contributed by atoms with Gasteiger partial charge < -0.3 is 14.6 Å². The quantitative estimate of drug-likeness (QED) is 0.556. The first-order valence-corrected chi connectivity index (χ1v) is 12.3. The molecule has 1 saturated carbocycles. The van der Waals surface area contributed by atoms with Gasteiger partial charge in [0, 0.05) is 13.5 Å². The van der Waals surface area contributed by atoms with Crippen LogP contribution in [-0.4, -0.2) is 31.7 Å². The smallest absolute Gasteiger partial charge is 0.273 e. The minimum Gasteiger partial charge on any atom is -0.488 e. The maximum atomic E-state index is 13.9. The molecule has 8 heteroatoms. The molecule has 35 heavy (non-hydrogen) atoms. The van der Waals surface area contributed by atoms with E-state index in [1.807, 2.05) is 45.9 Å². The minimum absolute atomic E-state index is 0.218. The molecule has 0 saturated heterocycles. The molecule has 4 rings (SSSR count). The lowest BCUT2D eigenvalue weighted by atomic mass is 9.99. The third-order valence-electron chi connectivity index (χ3n) is 6.66. The van der Waals surface area contributed by atoms with Gasteiger partial charge in [-0.2, -0.15) is 5.26 Å². The molecule has 1 N–H and O–H groups in total. The first-order valence-electron chi connectivity index (χ1n) is 12.3. The van der Waals surface area contributed by atoms with Crippen molar-refractivity contribution in [3.63, 3.8) is 0 Å². The Hall–Kier alpha value is -3.60. The predicted molar refractivity (Wildman–Crippen MR) is 135 cm³/mol. The van der Waals surface area contributed by atoms with Crippen LogP contribution in [0.4, 0.5) is 0 Å². The molecule has 1 fully saturated rings. The second kappa shape index (κ2) is 9.57. The van der Waals surface area contributed by atoms with Crippen molar-refractivity contribution < 1.29 is 9.53 Å². The number of carbonyl (C=O) groups excluding carboxylic acids is 1. The Bertz CT molecular complexity index is 1370. The lowest BCUT2D eigenvalue weighted by Crippen LogP contribution is -2.45. The van der Waals surface area contributed by atoms with E-state index < -0.39 is 11.4 Å². The van der Waals surface area contributed by atoms with Crippen LogP contribution in [0.1, 0.15) is 73.9 Å². The number of hydrogen-bond acceptors (Lipinski definition) is 5. The Balaban J connectivity index is 1.90. The molecular formula is C27H33N5O3. The molecule has 1 aliphatic rings. The standard InChI is InChI=1S/C27H33N5O3/c1-6-20-29-24-21(26(34)32(20)15-19-11-9-10-18(4)14-19)23(35-17(2)3)22(31(24)5)25(33)30-27(16-28)12-7-8-13-27/h9-11,14,17H,6-8,12-13,15H2,1-5H3,(H,30,33). The number of aryl methyl sites for hydroxylation is 3. The number of amides is 1. The SMILES string of the molecule is CCc1nc2c(c(OC(C)C)c(C(=O)NC3(C#N)CCCC3)n2C)c(=O)n1Cc1cccc(C)c1. The largest absolute Gasteiger partial charge is 0.488 e. The van der Waals surface area contributed by atoms with E-state index in [4.69, 9.17) is 9.72 Å². The number of nitrogens with zero attached hydrogens (tertiary/aromatic N) is 4. The summed E-state index contributed by atoms with van der Waals surface area (Å²) in [6.45, 7) is 8.06. The fourth-order valence-corrected chi connectivity index (χ4v) is 4.96. The van der Waals surface area contributed by atoms with E-state index in [0.717, 1.165) is 24.0 Å². The molecular weight excluding hydrogens is 442 g/mol.